The van der Waals surface area contributed by atoms with Gasteiger partial charge in [0.05, 0.1) is 22.2 Å². The minimum absolute atomic E-state index is 0.00130. The molecule has 0 saturated carbocycles. The number of fused-ring (bicyclic) bond motifs is 2. The summed E-state index contributed by atoms with van der Waals surface area (Å²) >= 11 is 0. The molecule has 0 bridgehead atoms. The van der Waals surface area contributed by atoms with Crippen LogP contribution in [-0.2, 0) is 6.54 Å². The Bertz CT molecular complexity index is 1660. The van der Waals surface area contributed by atoms with Gasteiger partial charge in [0.15, 0.2) is 5.65 Å². The number of nitrogens with two attached hydrogens (primary N) is 1. The van der Waals surface area contributed by atoms with Crippen molar-refractivity contribution in [2.45, 2.75) is 6.54 Å². The smallest absolute Gasteiger partial charge is 0.270 e. The molecule has 178 valence electrons. The number of carbonyl (C=O) groups excluding carboxylic acids is 1. The standard InChI is InChI=1S/C25H18FN7O3/c26-17-10-8-15(9-11-17)13-28-25(34)21-22-24(31-20-7-2-1-6-19(20)30-22)32(23(21)27)29-14-16-4-3-5-18(12-16)33(35)36/h1-12,14H,13,27H2,(H,28,34)/b29-14+. The Balaban J connectivity index is 1.58. The second-order valence-electron chi connectivity index (χ2n) is 7.86. The van der Waals surface area contributed by atoms with E-state index in [1.165, 1.54) is 41.2 Å². The number of carbonyl (C=O) groups is 1. The number of amides is 1. The Morgan fingerprint density at radius 2 is 1.81 bits per heavy atom. The van der Waals surface area contributed by atoms with E-state index >= 15 is 0 Å². The van der Waals surface area contributed by atoms with Crippen molar-refractivity contribution in [3.05, 3.63) is 105 Å². The average molecular weight is 483 g/mol. The maximum absolute atomic E-state index is 13.2. The van der Waals surface area contributed by atoms with E-state index in [0.29, 0.717) is 22.2 Å². The van der Waals surface area contributed by atoms with Crippen LogP contribution >= 0.6 is 0 Å². The third kappa shape index (κ3) is 4.32. The SMILES string of the molecule is Nc1c(C(=O)NCc2ccc(F)cc2)c2nc3ccccc3nc2n1/N=C/c1cccc([N+](=O)[O-])c1. The molecule has 11 heteroatoms. The van der Waals surface area contributed by atoms with Crippen LogP contribution < -0.4 is 11.1 Å². The van der Waals surface area contributed by atoms with E-state index in [9.17, 15) is 19.3 Å². The first-order chi connectivity index (χ1) is 17.4. The summed E-state index contributed by atoms with van der Waals surface area (Å²) in [7, 11) is 0. The van der Waals surface area contributed by atoms with Crippen LogP contribution in [0.4, 0.5) is 15.9 Å². The molecule has 0 aliphatic carbocycles. The number of non-ortho nitro benzene ring substituents is 1. The second-order valence-corrected chi connectivity index (χ2v) is 7.86. The molecule has 0 spiro atoms. The number of hydrogen-bond acceptors (Lipinski definition) is 7. The quantitative estimate of drug-likeness (QED) is 0.212. The molecule has 5 aromatic rings. The zero-order valence-electron chi connectivity index (χ0n) is 18.6. The van der Waals surface area contributed by atoms with Crippen LogP contribution in [0.5, 0.6) is 0 Å². The number of nitrogen functional groups attached to an aromatic ring is 1. The average Bonchev–Trinajstić information content (AvgIpc) is 3.15. The van der Waals surface area contributed by atoms with E-state index in [4.69, 9.17) is 5.73 Å². The van der Waals surface area contributed by atoms with Gasteiger partial charge in [-0.25, -0.2) is 14.4 Å². The topological polar surface area (TPSA) is 141 Å². The summed E-state index contributed by atoms with van der Waals surface area (Å²) in [6.07, 6.45) is 1.39. The number of nitro benzene ring substituents is 1. The minimum Gasteiger partial charge on any atom is -0.383 e. The molecule has 0 atom stereocenters. The van der Waals surface area contributed by atoms with E-state index in [1.807, 2.05) is 6.07 Å². The highest BCUT2D eigenvalue weighted by Gasteiger charge is 2.24. The molecule has 2 heterocycles. The van der Waals surface area contributed by atoms with E-state index in [-0.39, 0.29) is 40.6 Å². The van der Waals surface area contributed by atoms with Crippen molar-refractivity contribution in [3.63, 3.8) is 0 Å². The number of aromatic nitrogens is 3. The van der Waals surface area contributed by atoms with Crippen LogP contribution in [0.3, 0.4) is 0 Å². The number of nitrogens with one attached hydrogen (secondary N) is 1. The summed E-state index contributed by atoms with van der Waals surface area (Å²) in [6.45, 7) is 0.142. The lowest BCUT2D eigenvalue weighted by Crippen LogP contribution is -2.23. The summed E-state index contributed by atoms with van der Waals surface area (Å²) in [5, 5.41) is 18.2. The number of benzene rings is 3. The molecule has 3 aromatic carbocycles. The molecule has 2 aromatic heterocycles. The van der Waals surface area contributed by atoms with Gasteiger partial charge in [0.25, 0.3) is 11.6 Å². The third-order valence-electron chi connectivity index (χ3n) is 5.47. The van der Waals surface area contributed by atoms with Gasteiger partial charge in [0, 0.05) is 24.2 Å². The highest BCUT2D eigenvalue weighted by molar-refractivity contribution is 6.10. The van der Waals surface area contributed by atoms with Gasteiger partial charge in [0.2, 0.25) is 0 Å². The normalized spacial score (nSPS) is 11.4. The summed E-state index contributed by atoms with van der Waals surface area (Å²) in [4.78, 5) is 33.0. The Kier molecular flexibility index (Phi) is 5.79. The van der Waals surface area contributed by atoms with E-state index < -0.39 is 10.8 Å². The van der Waals surface area contributed by atoms with Crippen molar-refractivity contribution < 1.29 is 14.1 Å². The number of nitro groups is 1. The lowest BCUT2D eigenvalue weighted by Gasteiger charge is -2.06. The first-order valence-corrected chi connectivity index (χ1v) is 10.8. The van der Waals surface area contributed by atoms with Crippen LogP contribution in [0.1, 0.15) is 21.5 Å². The van der Waals surface area contributed by atoms with E-state index in [0.717, 1.165) is 0 Å². The van der Waals surface area contributed by atoms with Crippen LogP contribution in [0.15, 0.2) is 77.9 Å². The highest BCUT2D eigenvalue weighted by Crippen LogP contribution is 2.28. The largest absolute Gasteiger partial charge is 0.383 e. The first-order valence-electron chi connectivity index (χ1n) is 10.8. The second kappa shape index (κ2) is 9.22. The zero-order chi connectivity index (χ0) is 25.2. The first kappa shape index (κ1) is 22.6. The lowest BCUT2D eigenvalue weighted by atomic mass is 10.2. The minimum atomic E-state index is -0.504. The Hall–Kier alpha value is -5.19. The van der Waals surface area contributed by atoms with Gasteiger partial charge in [-0.05, 0) is 29.8 Å². The van der Waals surface area contributed by atoms with Gasteiger partial charge in [-0.2, -0.15) is 9.78 Å². The molecule has 0 aliphatic rings. The Morgan fingerprint density at radius 3 is 2.53 bits per heavy atom. The maximum atomic E-state index is 13.2. The van der Waals surface area contributed by atoms with Crippen molar-refractivity contribution in [2.75, 3.05) is 5.73 Å². The predicted molar refractivity (Wildman–Crippen MR) is 133 cm³/mol. The summed E-state index contributed by atoms with van der Waals surface area (Å²) in [5.74, 6) is -0.879. The van der Waals surface area contributed by atoms with Gasteiger partial charge in [-0.15, -0.1) is 0 Å². The number of anilines is 1. The molecule has 5 rings (SSSR count). The molecule has 0 unspecified atom stereocenters. The number of halogens is 1. The van der Waals surface area contributed by atoms with Gasteiger partial charge in [-0.1, -0.05) is 36.4 Å². The molecule has 1 amide bonds. The number of para-hydroxylation sites is 2. The van der Waals surface area contributed by atoms with Crippen LogP contribution in [0, 0.1) is 15.9 Å². The number of hydrogen-bond donors (Lipinski definition) is 2. The molecule has 0 radical (unpaired) electrons. The molecular formula is C25H18FN7O3. The zero-order valence-corrected chi connectivity index (χ0v) is 18.6. The monoisotopic (exact) mass is 483 g/mol. The van der Waals surface area contributed by atoms with Crippen molar-refractivity contribution in [2.24, 2.45) is 5.10 Å². The molecule has 10 nitrogen and oxygen atoms in total. The summed E-state index contributed by atoms with van der Waals surface area (Å²) in [5.41, 5.74) is 9.16. The maximum Gasteiger partial charge on any atom is 0.270 e. The molecule has 0 saturated heterocycles. The van der Waals surface area contributed by atoms with Crippen molar-refractivity contribution in [1.29, 1.82) is 0 Å². The summed E-state index contributed by atoms with van der Waals surface area (Å²) in [6, 6.07) is 18.8. The third-order valence-corrected chi connectivity index (χ3v) is 5.47. The molecule has 3 N–H and O–H groups in total. The lowest BCUT2D eigenvalue weighted by molar-refractivity contribution is -0.384. The van der Waals surface area contributed by atoms with Crippen molar-refractivity contribution in [1.82, 2.24) is 20.0 Å². The van der Waals surface area contributed by atoms with Gasteiger partial charge >= 0.3 is 0 Å². The fourth-order valence-corrected chi connectivity index (χ4v) is 3.70. The molecule has 0 aliphatic heterocycles. The Morgan fingerprint density at radius 1 is 1.08 bits per heavy atom. The van der Waals surface area contributed by atoms with Gasteiger partial charge in [0.1, 0.15) is 22.7 Å². The Labute approximate surface area is 203 Å². The summed E-state index contributed by atoms with van der Waals surface area (Å²) < 4.78 is 14.5. The van der Waals surface area contributed by atoms with Crippen LogP contribution in [0.2, 0.25) is 0 Å². The molecule has 36 heavy (non-hydrogen) atoms. The van der Waals surface area contributed by atoms with Crippen LogP contribution in [-0.4, -0.2) is 31.7 Å². The van der Waals surface area contributed by atoms with E-state index in [2.05, 4.69) is 20.4 Å². The van der Waals surface area contributed by atoms with Gasteiger partial charge in [-0.3, -0.25) is 14.9 Å². The number of nitrogens with zero attached hydrogens (tertiary/aromatic N) is 5. The van der Waals surface area contributed by atoms with E-state index in [1.54, 1.807) is 36.4 Å². The highest BCUT2D eigenvalue weighted by atomic mass is 19.1. The predicted octanol–water partition coefficient (Wildman–Crippen LogP) is 4.03. The fraction of sp³-hybridized carbons (Fsp3) is 0.0400. The number of rotatable bonds is 6. The van der Waals surface area contributed by atoms with Crippen LogP contribution in [0.25, 0.3) is 22.2 Å². The van der Waals surface area contributed by atoms with Crippen molar-refractivity contribution in [3.8, 4) is 0 Å². The fourth-order valence-electron chi connectivity index (χ4n) is 3.70. The molecular weight excluding hydrogens is 465 g/mol. The molecule has 0 fully saturated rings. The van der Waals surface area contributed by atoms with Gasteiger partial charge < -0.3 is 11.1 Å². The van der Waals surface area contributed by atoms with Crippen molar-refractivity contribution >= 4 is 45.8 Å².